The molecule has 0 aliphatic carbocycles. The molecule has 0 aliphatic rings. The Morgan fingerprint density at radius 3 is 2.47 bits per heavy atom. The second-order valence-corrected chi connectivity index (χ2v) is 5.96. The van der Waals surface area contributed by atoms with Crippen LogP contribution in [0.15, 0.2) is 4.99 Å². The fourth-order valence-electron chi connectivity index (χ4n) is 0.869. The minimum Gasteiger partial charge on any atom is -0.377 e. The molecule has 0 aromatic heterocycles. The van der Waals surface area contributed by atoms with Crippen LogP contribution in [0.2, 0.25) is 0 Å². The molecule has 1 atom stereocenters. The van der Waals surface area contributed by atoms with Gasteiger partial charge in [0.15, 0.2) is 15.3 Å². The van der Waals surface area contributed by atoms with E-state index < -0.39 is 15.3 Å². The third-order valence-electron chi connectivity index (χ3n) is 1.80. The number of nitrogens with zero attached hydrogens (tertiary/aromatic N) is 1. The number of sulfone groups is 1. The molecule has 0 saturated carbocycles. The highest BCUT2D eigenvalue weighted by atomic mass is 32.2. The summed E-state index contributed by atoms with van der Waals surface area (Å²) in [7, 11) is -3.34. The summed E-state index contributed by atoms with van der Waals surface area (Å²) in [5.41, 5.74) is -0.274. The van der Waals surface area contributed by atoms with Crippen molar-refractivity contribution in [1.82, 2.24) is 5.32 Å². The molecule has 0 aromatic rings. The second-order valence-electron chi connectivity index (χ2n) is 3.55. The second kappa shape index (κ2) is 6.92. The maximum Gasteiger partial charge on any atom is 0.177 e. The fraction of sp³-hybridized carbons (Fsp3) is 0.889. The predicted octanol–water partition coefficient (Wildman–Crippen LogP) is -0.190. The number of nitrogens with one attached hydrogen (secondary N) is 1. The van der Waals surface area contributed by atoms with Gasteiger partial charge in [0, 0.05) is 18.8 Å². The molecule has 0 radical (unpaired) electrons. The van der Waals surface area contributed by atoms with Crippen LogP contribution >= 0.6 is 0 Å². The van der Waals surface area contributed by atoms with E-state index in [2.05, 4.69) is 10.3 Å². The van der Waals surface area contributed by atoms with Crippen LogP contribution in [-0.2, 0) is 9.84 Å². The summed E-state index contributed by atoms with van der Waals surface area (Å²) in [5.74, 6) is -0.0422. The Labute approximate surface area is 91.5 Å². The predicted molar refractivity (Wildman–Crippen MR) is 62.0 cm³/mol. The minimum atomic E-state index is -3.34. The van der Waals surface area contributed by atoms with Gasteiger partial charge >= 0.3 is 0 Å². The number of aliphatic hydroxyl groups excluding tert-OH is 1. The fourth-order valence-corrected chi connectivity index (χ4v) is 1.64. The van der Waals surface area contributed by atoms with Gasteiger partial charge in [-0.05, 0) is 20.8 Å². The van der Waals surface area contributed by atoms with Crippen molar-refractivity contribution in [1.29, 1.82) is 0 Å². The van der Waals surface area contributed by atoms with Crippen LogP contribution in [0.1, 0.15) is 20.8 Å². The summed E-state index contributed by atoms with van der Waals surface area (Å²) in [6.45, 7) is 6.75. The zero-order valence-corrected chi connectivity index (χ0v) is 10.3. The molecule has 0 rings (SSSR count). The molecule has 2 N–H and O–H groups in total. The topological polar surface area (TPSA) is 78.8 Å². The molecule has 0 amide bonds. The Balaban J connectivity index is 3.60. The molecule has 1 unspecified atom stereocenters. The molecule has 0 aromatic carbocycles. The molecular weight excluding hydrogens is 216 g/mol. The standard InChI is InChI=1S/C9H20N2O3S/c1-8(2)11-5-4-10-6-7-15(13,14)9(3)12/h9-10,12H,4-7H2,1-3H3. The van der Waals surface area contributed by atoms with E-state index in [0.29, 0.717) is 19.6 Å². The molecule has 6 heteroatoms. The summed E-state index contributed by atoms with van der Waals surface area (Å²) in [5, 5.41) is 11.9. The Hall–Kier alpha value is -0.460. The summed E-state index contributed by atoms with van der Waals surface area (Å²) in [6, 6.07) is 0. The van der Waals surface area contributed by atoms with Crippen LogP contribution in [0, 0.1) is 0 Å². The van der Waals surface area contributed by atoms with Crippen molar-refractivity contribution in [3.05, 3.63) is 0 Å². The van der Waals surface area contributed by atoms with E-state index in [1.54, 1.807) is 0 Å². The average molecular weight is 236 g/mol. The number of aliphatic hydroxyl groups is 1. The van der Waals surface area contributed by atoms with Gasteiger partial charge in [0.1, 0.15) is 0 Å². The van der Waals surface area contributed by atoms with Gasteiger partial charge in [-0.3, -0.25) is 4.99 Å². The third kappa shape index (κ3) is 7.47. The van der Waals surface area contributed by atoms with Gasteiger partial charge < -0.3 is 10.4 Å². The molecule has 90 valence electrons. The van der Waals surface area contributed by atoms with Crippen molar-refractivity contribution in [3.8, 4) is 0 Å². The maximum atomic E-state index is 11.2. The summed E-state index contributed by atoms with van der Waals surface area (Å²) in [6.07, 6.45) is 0. The lowest BCUT2D eigenvalue weighted by molar-refractivity contribution is 0.268. The first-order valence-corrected chi connectivity index (χ1v) is 6.66. The molecular formula is C9H20N2O3S. The molecule has 0 heterocycles. The molecule has 15 heavy (non-hydrogen) atoms. The Kier molecular flexibility index (Phi) is 6.71. The van der Waals surface area contributed by atoms with Crippen molar-refractivity contribution in [2.45, 2.75) is 26.2 Å². The number of hydrogen-bond acceptors (Lipinski definition) is 5. The van der Waals surface area contributed by atoms with Gasteiger partial charge in [0.05, 0.1) is 12.3 Å². The first kappa shape index (κ1) is 14.5. The largest absolute Gasteiger partial charge is 0.377 e. The van der Waals surface area contributed by atoms with Crippen LogP contribution < -0.4 is 5.32 Å². The lowest BCUT2D eigenvalue weighted by Crippen LogP contribution is -2.29. The summed E-state index contributed by atoms with van der Waals surface area (Å²) in [4.78, 5) is 4.15. The van der Waals surface area contributed by atoms with E-state index in [0.717, 1.165) is 5.71 Å². The SMILES string of the molecule is CC(C)=NCCNCCS(=O)(=O)C(C)O. The van der Waals surface area contributed by atoms with Crippen LogP contribution in [0.3, 0.4) is 0 Å². The van der Waals surface area contributed by atoms with Crippen LogP contribution in [0.5, 0.6) is 0 Å². The van der Waals surface area contributed by atoms with E-state index in [4.69, 9.17) is 5.11 Å². The van der Waals surface area contributed by atoms with Gasteiger partial charge in [-0.25, -0.2) is 8.42 Å². The van der Waals surface area contributed by atoms with Crippen LogP contribution in [0.4, 0.5) is 0 Å². The van der Waals surface area contributed by atoms with Gasteiger partial charge in [0.2, 0.25) is 0 Å². The monoisotopic (exact) mass is 236 g/mol. The highest BCUT2D eigenvalue weighted by molar-refractivity contribution is 7.91. The summed E-state index contributed by atoms with van der Waals surface area (Å²) >= 11 is 0. The molecule has 0 saturated heterocycles. The number of hydrogen-bond donors (Lipinski definition) is 2. The number of aliphatic imine (C=N–C) groups is 1. The average Bonchev–Trinajstić information content (AvgIpc) is 2.10. The van der Waals surface area contributed by atoms with E-state index >= 15 is 0 Å². The van der Waals surface area contributed by atoms with Crippen molar-refractivity contribution in [2.24, 2.45) is 4.99 Å². The molecule has 0 spiro atoms. The molecule has 0 bridgehead atoms. The highest BCUT2D eigenvalue weighted by Gasteiger charge is 2.16. The van der Waals surface area contributed by atoms with E-state index in [1.165, 1.54) is 6.92 Å². The van der Waals surface area contributed by atoms with Crippen molar-refractivity contribution < 1.29 is 13.5 Å². The van der Waals surface area contributed by atoms with Crippen molar-refractivity contribution in [2.75, 3.05) is 25.4 Å². The van der Waals surface area contributed by atoms with Crippen molar-refractivity contribution >= 4 is 15.5 Å². The van der Waals surface area contributed by atoms with Gasteiger partial charge in [0.25, 0.3) is 0 Å². The maximum absolute atomic E-state index is 11.2. The smallest absolute Gasteiger partial charge is 0.177 e. The Bertz CT molecular complexity index is 292. The first-order valence-electron chi connectivity index (χ1n) is 4.94. The normalized spacial score (nSPS) is 13.6. The Morgan fingerprint density at radius 2 is 2.00 bits per heavy atom. The minimum absolute atomic E-state index is 0.0422. The lowest BCUT2D eigenvalue weighted by atomic mass is 10.5. The zero-order chi connectivity index (χ0) is 11.9. The Morgan fingerprint density at radius 1 is 1.40 bits per heavy atom. The number of rotatable bonds is 7. The molecule has 0 aliphatic heterocycles. The summed E-state index contributed by atoms with van der Waals surface area (Å²) < 4.78 is 22.3. The van der Waals surface area contributed by atoms with Gasteiger partial charge in [-0.15, -0.1) is 0 Å². The van der Waals surface area contributed by atoms with E-state index in [1.807, 2.05) is 13.8 Å². The molecule has 0 fully saturated rings. The zero-order valence-electron chi connectivity index (χ0n) is 9.52. The van der Waals surface area contributed by atoms with Crippen LogP contribution in [-0.4, -0.2) is 50.1 Å². The highest BCUT2D eigenvalue weighted by Crippen LogP contribution is 1.95. The quantitative estimate of drug-likeness (QED) is 0.474. The van der Waals surface area contributed by atoms with E-state index in [-0.39, 0.29) is 5.75 Å². The molecule has 5 nitrogen and oxygen atoms in total. The van der Waals surface area contributed by atoms with Crippen LogP contribution in [0.25, 0.3) is 0 Å². The lowest BCUT2D eigenvalue weighted by Gasteiger charge is -2.07. The van der Waals surface area contributed by atoms with Crippen molar-refractivity contribution in [3.63, 3.8) is 0 Å². The van der Waals surface area contributed by atoms with E-state index in [9.17, 15) is 8.42 Å². The third-order valence-corrected chi connectivity index (χ3v) is 3.61. The van der Waals surface area contributed by atoms with Gasteiger partial charge in [-0.1, -0.05) is 0 Å². The first-order chi connectivity index (χ1) is 6.86. The van der Waals surface area contributed by atoms with Gasteiger partial charge in [-0.2, -0.15) is 0 Å².